The highest BCUT2D eigenvalue weighted by Crippen LogP contribution is 2.21. The molecule has 1 N–H and O–H groups in total. The van der Waals surface area contributed by atoms with Crippen molar-refractivity contribution in [3.8, 4) is 0 Å². The lowest BCUT2D eigenvalue weighted by Gasteiger charge is -2.06. The first-order chi connectivity index (χ1) is 13.1. The first-order valence-corrected chi connectivity index (χ1v) is 8.82. The van der Waals surface area contributed by atoms with E-state index in [0.717, 1.165) is 17.3 Å². The minimum atomic E-state index is -0.513. The number of hydrogen-bond acceptors (Lipinski definition) is 3. The first-order valence-electron chi connectivity index (χ1n) is 8.45. The largest absolute Gasteiger partial charge is 0.346 e. The number of H-pyrrole nitrogens is 1. The summed E-state index contributed by atoms with van der Waals surface area (Å²) < 4.78 is 27.9. The van der Waals surface area contributed by atoms with Crippen LogP contribution in [0.1, 0.15) is 22.4 Å². The molecule has 0 aliphatic rings. The van der Waals surface area contributed by atoms with Crippen LogP contribution in [-0.2, 0) is 19.3 Å². The number of nitrogens with one attached hydrogen (secondary N) is 1. The van der Waals surface area contributed by atoms with Gasteiger partial charge in [0.25, 0.3) is 0 Å². The Labute approximate surface area is 159 Å². The van der Waals surface area contributed by atoms with Crippen LogP contribution in [0.3, 0.4) is 0 Å². The van der Waals surface area contributed by atoms with E-state index in [4.69, 9.17) is 11.6 Å². The summed E-state index contributed by atoms with van der Waals surface area (Å²) in [7, 11) is 0. The summed E-state index contributed by atoms with van der Waals surface area (Å²) in [5.74, 6) is -0.936. The van der Waals surface area contributed by atoms with E-state index in [1.165, 1.54) is 6.07 Å². The first kappa shape index (κ1) is 17.5. The summed E-state index contributed by atoms with van der Waals surface area (Å²) in [6.45, 7) is 0. The molecule has 7 heteroatoms. The molecule has 4 heterocycles. The van der Waals surface area contributed by atoms with Crippen molar-refractivity contribution < 1.29 is 8.78 Å². The van der Waals surface area contributed by atoms with Crippen molar-refractivity contribution in [2.24, 2.45) is 0 Å². The van der Waals surface area contributed by atoms with Crippen molar-refractivity contribution in [1.82, 2.24) is 19.9 Å². The van der Waals surface area contributed by atoms with Gasteiger partial charge in [-0.2, -0.15) is 4.39 Å². The second-order valence-electron chi connectivity index (χ2n) is 6.28. The van der Waals surface area contributed by atoms with E-state index < -0.39 is 11.8 Å². The molecule has 136 valence electrons. The molecular weight excluding hydrogens is 370 g/mol. The zero-order valence-electron chi connectivity index (χ0n) is 14.2. The van der Waals surface area contributed by atoms with Gasteiger partial charge in [-0.05, 0) is 42.2 Å². The van der Waals surface area contributed by atoms with E-state index in [9.17, 15) is 8.78 Å². The van der Waals surface area contributed by atoms with Crippen LogP contribution in [-0.4, -0.2) is 19.9 Å². The number of halogens is 3. The summed E-state index contributed by atoms with van der Waals surface area (Å²) in [5, 5.41) is 1.09. The van der Waals surface area contributed by atoms with Gasteiger partial charge in [0.2, 0.25) is 5.95 Å². The fraction of sp³-hybridized carbons (Fsp3) is 0.150. The van der Waals surface area contributed by atoms with E-state index in [0.29, 0.717) is 46.7 Å². The number of hydrogen-bond donors (Lipinski definition) is 1. The Morgan fingerprint density at radius 3 is 2.63 bits per heavy atom. The molecule has 0 fully saturated rings. The summed E-state index contributed by atoms with van der Waals surface area (Å²) in [5.41, 5.74) is 3.49. The summed E-state index contributed by atoms with van der Waals surface area (Å²) in [4.78, 5) is 15.1. The van der Waals surface area contributed by atoms with E-state index in [-0.39, 0.29) is 0 Å². The Morgan fingerprint density at radius 2 is 1.85 bits per heavy atom. The normalized spacial score (nSPS) is 11.2. The van der Waals surface area contributed by atoms with Crippen molar-refractivity contribution in [3.63, 3.8) is 0 Å². The van der Waals surface area contributed by atoms with Crippen LogP contribution in [0.2, 0.25) is 5.15 Å². The standard InChI is InChI=1S/C20H15ClF2N4/c21-18-6-2-12(9-24-18)1-4-16-5-3-13(19(23)27-16)7-14-10-25-20-17(14)8-15(22)11-26-20/h2-3,5-6,8-11H,1,4,7H2,(H,25,26). The molecule has 0 radical (unpaired) electrons. The summed E-state index contributed by atoms with van der Waals surface area (Å²) in [6.07, 6.45) is 6.18. The van der Waals surface area contributed by atoms with Gasteiger partial charge < -0.3 is 4.98 Å². The number of pyridine rings is 3. The van der Waals surface area contributed by atoms with Crippen LogP contribution in [0.25, 0.3) is 11.0 Å². The average Bonchev–Trinajstić information content (AvgIpc) is 3.05. The Hall–Kier alpha value is -2.86. The average molecular weight is 385 g/mol. The number of aromatic amines is 1. The van der Waals surface area contributed by atoms with E-state index in [1.807, 2.05) is 12.1 Å². The van der Waals surface area contributed by atoms with Crippen LogP contribution in [0, 0.1) is 11.8 Å². The molecule has 0 atom stereocenters. The third-order valence-electron chi connectivity index (χ3n) is 4.41. The van der Waals surface area contributed by atoms with Gasteiger partial charge in [-0.3, -0.25) is 0 Å². The fourth-order valence-electron chi connectivity index (χ4n) is 2.98. The molecule has 0 aromatic carbocycles. The van der Waals surface area contributed by atoms with Crippen LogP contribution in [0.15, 0.2) is 48.9 Å². The Kier molecular flexibility index (Phi) is 4.81. The predicted octanol–water partition coefficient (Wildman–Crippen LogP) is 4.66. The van der Waals surface area contributed by atoms with Crippen molar-refractivity contribution in [2.45, 2.75) is 19.3 Å². The maximum Gasteiger partial charge on any atom is 0.216 e. The highest BCUT2D eigenvalue weighted by atomic mass is 35.5. The van der Waals surface area contributed by atoms with E-state index in [1.54, 1.807) is 24.5 Å². The van der Waals surface area contributed by atoms with Crippen molar-refractivity contribution in [1.29, 1.82) is 0 Å². The molecule has 4 rings (SSSR count). The lowest BCUT2D eigenvalue weighted by Crippen LogP contribution is -2.01. The van der Waals surface area contributed by atoms with Gasteiger partial charge in [-0.15, -0.1) is 0 Å². The van der Waals surface area contributed by atoms with Crippen molar-refractivity contribution >= 4 is 22.6 Å². The van der Waals surface area contributed by atoms with Gasteiger partial charge in [-0.25, -0.2) is 19.3 Å². The second-order valence-corrected chi connectivity index (χ2v) is 6.67. The van der Waals surface area contributed by atoms with E-state index >= 15 is 0 Å². The monoisotopic (exact) mass is 384 g/mol. The van der Waals surface area contributed by atoms with E-state index in [2.05, 4.69) is 19.9 Å². The van der Waals surface area contributed by atoms with Gasteiger partial charge >= 0.3 is 0 Å². The lowest BCUT2D eigenvalue weighted by atomic mass is 10.0. The molecule has 0 spiro atoms. The quantitative estimate of drug-likeness (QED) is 0.509. The van der Waals surface area contributed by atoms with Crippen LogP contribution in [0.4, 0.5) is 8.78 Å². The topological polar surface area (TPSA) is 54.5 Å². The second kappa shape index (κ2) is 7.40. The molecule has 0 bridgehead atoms. The predicted molar refractivity (Wildman–Crippen MR) is 99.7 cm³/mol. The van der Waals surface area contributed by atoms with Crippen molar-refractivity contribution in [3.05, 3.63) is 88.2 Å². The Morgan fingerprint density at radius 1 is 0.963 bits per heavy atom. The minimum Gasteiger partial charge on any atom is -0.346 e. The molecular formula is C20H15ClF2N4. The molecule has 0 saturated heterocycles. The third kappa shape index (κ3) is 3.95. The molecule has 27 heavy (non-hydrogen) atoms. The molecule has 4 aromatic rings. The number of aromatic nitrogens is 4. The Bertz CT molecular complexity index is 1090. The molecule has 0 unspecified atom stereocenters. The molecule has 4 aromatic heterocycles. The maximum absolute atomic E-state index is 14.5. The zero-order chi connectivity index (χ0) is 18.8. The lowest BCUT2D eigenvalue weighted by molar-refractivity contribution is 0.563. The highest BCUT2D eigenvalue weighted by Gasteiger charge is 2.11. The van der Waals surface area contributed by atoms with Gasteiger partial charge in [-0.1, -0.05) is 23.7 Å². The number of aryl methyl sites for hydroxylation is 2. The molecule has 0 aliphatic heterocycles. The maximum atomic E-state index is 14.5. The molecule has 0 aliphatic carbocycles. The smallest absolute Gasteiger partial charge is 0.216 e. The molecule has 0 saturated carbocycles. The molecule has 0 amide bonds. The third-order valence-corrected chi connectivity index (χ3v) is 4.63. The Balaban J connectivity index is 1.49. The van der Waals surface area contributed by atoms with Crippen LogP contribution >= 0.6 is 11.6 Å². The number of nitrogens with zero attached hydrogens (tertiary/aromatic N) is 3. The molecule has 4 nitrogen and oxygen atoms in total. The minimum absolute atomic E-state index is 0.311. The van der Waals surface area contributed by atoms with Gasteiger partial charge in [0.15, 0.2) is 0 Å². The van der Waals surface area contributed by atoms with Gasteiger partial charge in [0.05, 0.1) is 6.20 Å². The van der Waals surface area contributed by atoms with Crippen LogP contribution < -0.4 is 0 Å². The summed E-state index contributed by atoms with van der Waals surface area (Å²) in [6, 6.07) is 8.56. The van der Waals surface area contributed by atoms with Crippen molar-refractivity contribution in [2.75, 3.05) is 0 Å². The van der Waals surface area contributed by atoms with Gasteiger partial charge in [0.1, 0.15) is 16.6 Å². The zero-order valence-corrected chi connectivity index (χ0v) is 15.0. The number of fused-ring (bicyclic) bond motifs is 1. The van der Waals surface area contributed by atoms with Gasteiger partial charge in [0, 0.05) is 35.5 Å². The SMILES string of the molecule is Fc1cnc2[nH]cc(Cc3ccc(CCc4ccc(Cl)nc4)nc3F)c2c1. The van der Waals surface area contributed by atoms with Crippen LogP contribution in [0.5, 0.6) is 0 Å². The highest BCUT2D eigenvalue weighted by molar-refractivity contribution is 6.29. The summed E-state index contributed by atoms with van der Waals surface area (Å²) >= 11 is 5.77. The fourth-order valence-corrected chi connectivity index (χ4v) is 3.09. The number of rotatable bonds is 5.